The van der Waals surface area contributed by atoms with Crippen LogP contribution in [-0.4, -0.2) is 42.3 Å². The quantitative estimate of drug-likeness (QED) is 0.779. The molecule has 0 radical (unpaired) electrons. The summed E-state index contributed by atoms with van der Waals surface area (Å²) in [6, 6.07) is 3.97. The number of benzene rings is 1. The zero-order chi connectivity index (χ0) is 19.1. The number of nitrogens with zero attached hydrogens (tertiary/aromatic N) is 1. The summed E-state index contributed by atoms with van der Waals surface area (Å²) in [5.41, 5.74) is 7.70. The number of likely N-dealkylation sites (tertiary alicyclic amines) is 1. The third-order valence-corrected chi connectivity index (χ3v) is 4.30. The molecule has 3 amide bonds. The van der Waals surface area contributed by atoms with Crippen molar-refractivity contribution in [1.29, 1.82) is 0 Å². The van der Waals surface area contributed by atoms with E-state index in [1.807, 2.05) is 32.9 Å². The lowest BCUT2D eigenvalue weighted by atomic mass is 10.1. The lowest BCUT2D eigenvalue weighted by molar-refractivity contribution is -0.136. The van der Waals surface area contributed by atoms with Gasteiger partial charge in [-0.05, 0) is 44.7 Å². The summed E-state index contributed by atoms with van der Waals surface area (Å²) in [7, 11) is 0. The number of carbonyl (C=O) groups excluding carboxylic acids is 3. The minimum Gasteiger partial charge on any atom is -0.483 e. The fourth-order valence-electron chi connectivity index (χ4n) is 3.13. The van der Waals surface area contributed by atoms with Crippen LogP contribution in [0.2, 0.25) is 0 Å². The lowest BCUT2D eigenvalue weighted by Gasteiger charge is -2.20. The van der Waals surface area contributed by atoms with Crippen LogP contribution in [0.4, 0.5) is 0 Å². The van der Waals surface area contributed by atoms with Crippen LogP contribution >= 0.6 is 0 Å². The number of aryl methyl sites for hydroxylation is 3. The molecule has 7 nitrogen and oxygen atoms in total. The highest BCUT2D eigenvalue weighted by molar-refractivity contribution is 5.87. The fraction of sp³-hybridized carbons (Fsp3) is 0.526. The van der Waals surface area contributed by atoms with Gasteiger partial charge in [-0.2, -0.15) is 0 Å². The maximum atomic E-state index is 11.9. The van der Waals surface area contributed by atoms with Crippen LogP contribution in [0.15, 0.2) is 12.1 Å². The van der Waals surface area contributed by atoms with Gasteiger partial charge in [0, 0.05) is 13.0 Å². The molecule has 1 saturated heterocycles. The van der Waals surface area contributed by atoms with Crippen LogP contribution < -0.4 is 15.6 Å². The van der Waals surface area contributed by atoms with E-state index >= 15 is 0 Å². The number of hydrazine groups is 1. The lowest BCUT2D eigenvalue weighted by Crippen LogP contribution is -2.48. The van der Waals surface area contributed by atoms with Gasteiger partial charge in [0.1, 0.15) is 12.3 Å². The van der Waals surface area contributed by atoms with E-state index in [-0.39, 0.29) is 19.1 Å². The molecule has 0 saturated carbocycles. The van der Waals surface area contributed by atoms with Crippen molar-refractivity contribution >= 4 is 17.7 Å². The Labute approximate surface area is 154 Å². The molecule has 0 aliphatic carbocycles. The van der Waals surface area contributed by atoms with E-state index in [0.29, 0.717) is 18.7 Å². The average molecular weight is 361 g/mol. The Balaban J connectivity index is 1.76. The molecule has 1 heterocycles. The first-order valence-electron chi connectivity index (χ1n) is 8.93. The number of amides is 3. The van der Waals surface area contributed by atoms with Crippen LogP contribution in [0.5, 0.6) is 5.75 Å². The molecule has 1 fully saturated rings. The Morgan fingerprint density at radius 1 is 1.04 bits per heavy atom. The largest absolute Gasteiger partial charge is 0.483 e. The molecule has 0 aromatic heterocycles. The third kappa shape index (κ3) is 5.75. The standard InChI is InChI=1S/C19H27N3O4/c1-13-9-14(2)19(15(3)10-13)26-12-17(24)21-20-16(23)11-22-8-6-4-5-7-18(22)25/h9-10H,4-8,11-12H2,1-3H3,(H,20,23)(H,21,24). The van der Waals surface area contributed by atoms with Crippen LogP contribution in [0.25, 0.3) is 0 Å². The van der Waals surface area contributed by atoms with E-state index in [1.54, 1.807) is 0 Å². The fourth-order valence-corrected chi connectivity index (χ4v) is 3.13. The van der Waals surface area contributed by atoms with Gasteiger partial charge >= 0.3 is 0 Å². The van der Waals surface area contributed by atoms with Crippen molar-refractivity contribution in [2.24, 2.45) is 0 Å². The number of ether oxygens (including phenoxy) is 1. The molecular weight excluding hydrogens is 334 g/mol. The van der Waals surface area contributed by atoms with Crippen molar-refractivity contribution < 1.29 is 19.1 Å². The molecule has 0 bridgehead atoms. The van der Waals surface area contributed by atoms with Gasteiger partial charge in [0.05, 0.1) is 0 Å². The Hall–Kier alpha value is -2.57. The SMILES string of the molecule is Cc1cc(C)c(OCC(=O)NNC(=O)CN2CCCCCC2=O)c(C)c1. The highest BCUT2D eigenvalue weighted by atomic mass is 16.5. The number of hydrogen-bond acceptors (Lipinski definition) is 4. The second-order valence-electron chi connectivity index (χ2n) is 6.74. The van der Waals surface area contributed by atoms with Gasteiger partial charge in [0.15, 0.2) is 6.61 Å². The molecule has 0 spiro atoms. The monoisotopic (exact) mass is 361 g/mol. The molecule has 1 aliphatic rings. The van der Waals surface area contributed by atoms with Crippen LogP contribution in [0.1, 0.15) is 42.4 Å². The summed E-state index contributed by atoms with van der Waals surface area (Å²) in [5.74, 6) is -0.221. The molecule has 7 heteroatoms. The predicted molar refractivity (Wildman–Crippen MR) is 97.5 cm³/mol. The Kier molecular flexibility index (Phi) is 7.00. The maximum absolute atomic E-state index is 11.9. The molecule has 0 atom stereocenters. The highest BCUT2D eigenvalue weighted by Crippen LogP contribution is 2.24. The molecule has 2 rings (SSSR count). The summed E-state index contributed by atoms with van der Waals surface area (Å²) in [6.45, 7) is 6.18. The summed E-state index contributed by atoms with van der Waals surface area (Å²) >= 11 is 0. The van der Waals surface area contributed by atoms with Crippen LogP contribution in [0.3, 0.4) is 0 Å². The summed E-state index contributed by atoms with van der Waals surface area (Å²) in [4.78, 5) is 37.2. The number of hydrogen-bond donors (Lipinski definition) is 2. The first-order valence-corrected chi connectivity index (χ1v) is 8.93. The van der Waals surface area contributed by atoms with Crippen molar-refractivity contribution in [1.82, 2.24) is 15.8 Å². The van der Waals surface area contributed by atoms with Crippen LogP contribution in [-0.2, 0) is 14.4 Å². The Morgan fingerprint density at radius 3 is 2.38 bits per heavy atom. The highest BCUT2D eigenvalue weighted by Gasteiger charge is 2.19. The topological polar surface area (TPSA) is 87.7 Å². The molecule has 1 aromatic rings. The van der Waals surface area contributed by atoms with Gasteiger partial charge in [-0.1, -0.05) is 24.1 Å². The average Bonchev–Trinajstić information content (AvgIpc) is 2.76. The van der Waals surface area contributed by atoms with Gasteiger partial charge in [-0.3, -0.25) is 25.2 Å². The van der Waals surface area contributed by atoms with Gasteiger partial charge in [-0.25, -0.2) is 0 Å². The normalized spacial score (nSPS) is 14.6. The summed E-state index contributed by atoms with van der Waals surface area (Å²) in [6.07, 6.45) is 3.23. The summed E-state index contributed by atoms with van der Waals surface area (Å²) < 4.78 is 5.57. The first-order chi connectivity index (χ1) is 12.4. The van der Waals surface area contributed by atoms with Gasteiger partial charge in [0.2, 0.25) is 5.91 Å². The molecular formula is C19H27N3O4. The molecule has 26 heavy (non-hydrogen) atoms. The minimum atomic E-state index is -0.458. The number of nitrogens with one attached hydrogen (secondary N) is 2. The first kappa shape index (κ1) is 19.8. The predicted octanol–water partition coefficient (Wildman–Crippen LogP) is 1.54. The Bertz CT molecular complexity index is 664. The van der Waals surface area contributed by atoms with Crippen molar-refractivity contribution in [3.05, 3.63) is 28.8 Å². The van der Waals surface area contributed by atoms with Crippen molar-refractivity contribution in [3.8, 4) is 5.75 Å². The molecule has 0 unspecified atom stereocenters. The van der Waals surface area contributed by atoms with E-state index in [0.717, 1.165) is 36.0 Å². The molecule has 1 aromatic carbocycles. The van der Waals surface area contributed by atoms with Gasteiger partial charge in [-0.15, -0.1) is 0 Å². The number of rotatable bonds is 5. The summed E-state index contributed by atoms with van der Waals surface area (Å²) in [5, 5.41) is 0. The van der Waals surface area contributed by atoms with Crippen molar-refractivity contribution in [2.45, 2.75) is 46.5 Å². The zero-order valence-corrected chi connectivity index (χ0v) is 15.7. The van der Waals surface area contributed by atoms with E-state index in [1.165, 1.54) is 4.90 Å². The van der Waals surface area contributed by atoms with E-state index in [9.17, 15) is 14.4 Å². The number of carbonyl (C=O) groups is 3. The van der Waals surface area contributed by atoms with Crippen molar-refractivity contribution in [2.75, 3.05) is 19.7 Å². The Morgan fingerprint density at radius 2 is 1.69 bits per heavy atom. The van der Waals surface area contributed by atoms with Gasteiger partial charge < -0.3 is 9.64 Å². The zero-order valence-electron chi connectivity index (χ0n) is 15.7. The molecule has 142 valence electrons. The van der Waals surface area contributed by atoms with E-state index in [2.05, 4.69) is 10.9 Å². The minimum absolute atomic E-state index is 0.0161. The van der Waals surface area contributed by atoms with E-state index < -0.39 is 11.8 Å². The van der Waals surface area contributed by atoms with Crippen molar-refractivity contribution in [3.63, 3.8) is 0 Å². The second kappa shape index (κ2) is 9.22. The smallest absolute Gasteiger partial charge is 0.276 e. The van der Waals surface area contributed by atoms with E-state index in [4.69, 9.17) is 4.74 Å². The molecule has 1 aliphatic heterocycles. The maximum Gasteiger partial charge on any atom is 0.276 e. The third-order valence-electron chi connectivity index (χ3n) is 4.30. The second-order valence-corrected chi connectivity index (χ2v) is 6.74. The van der Waals surface area contributed by atoms with Gasteiger partial charge in [0.25, 0.3) is 11.8 Å². The van der Waals surface area contributed by atoms with Crippen LogP contribution in [0, 0.1) is 20.8 Å². The molecule has 2 N–H and O–H groups in total.